The van der Waals surface area contributed by atoms with E-state index in [-0.39, 0.29) is 23.3 Å². The van der Waals surface area contributed by atoms with E-state index in [2.05, 4.69) is 0 Å². The molecule has 0 fully saturated rings. The second kappa shape index (κ2) is 9.18. The Hall–Kier alpha value is -1.04. The van der Waals surface area contributed by atoms with Crippen LogP contribution in [0.1, 0.15) is 27.7 Å². The molecule has 1 rings (SSSR count). The van der Waals surface area contributed by atoms with Crippen LogP contribution in [0.3, 0.4) is 0 Å². The number of rotatable bonds is 6. The van der Waals surface area contributed by atoms with Crippen molar-refractivity contribution in [3.8, 4) is 5.75 Å². The molecular formula is C15H22Cl2FNO3. The van der Waals surface area contributed by atoms with Gasteiger partial charge in [0.05, 0.1) is 0 Å². The maximum atomic E-state index is 13.3. The van der Waals surface area contributed by atoms with E-state index in [1.54, 1.807) is 13.8 Å². The maximum Gasteiger partial charge on any atom is 0.323 e. The number of nitrogens with two attached hydrogens (primary N) is 1. The first-order chi connectivity index (χ1) is 9.70. The van der Waals surface area contributed by atoms with Crippen LogP contribution < -0.4 is 10.5 Å². The Labute approximate surface area is 141 Å². The number of hydrogen-bond donors (Lipinski definition) is 1. The minimum absolute atomic E-state index is 0. The van der Waals surface area contributed by atoms with Crippen LogP contribution in [0.25, 0.3) is 0 Å². The predicted molar refractivity (Wildman–Crippen MR) is 87.1 cm³/mol. The minimum Gasteiger partial charge on any atom is -0.486 e. The molecule has 0 saturated heterocycles. The Kier molecular flexibility index (Phi) is 8.74. The van der Waals surface area contributed by atoms with Gasteiger partial charge in [0.25, 0.3) is 0 Å². The van der Waals surface area contributed by atoms with Gasteiger partial charge in [-0.2, -0.15) is 0 Å². The molecule has 3 atom stereocenters. The fourth-order valence-electron chi connectivity index (χ4n) is 1.89. The maximum absolute atomic E-state index is 13.3. The zero-order valence-electron chi connectivity index (χ0n) is 13.0. The summed E-state index contributed by atoms with van der Waals surface area (Å²) in [6.45, 7) is 7.10. The molecule has 0 heterocycles. The van der Waals surface area contributed by atoms with Gasteiger partial charge in [0, 0.05) is 11.1 Å². The molecule has 0 aliphatic carbocycles. The van der Waals surface area contributed by atoms with Crippen molar-refractivity contribution in [3.63, 3.8) is 0 Å². The zero-order chi connectivity index (χ0) is 16.2. The highest BCUT2D eigenvalue weighted by atomic mass is 35.5. The number of benzene rings is 1. The van der Waals surface area contributed by atoms with E-state index in [1.807, 2.05) is 13.8 Å². The van der Waals surface area contributed by atoms with E-state index < -0.39 is 30.0 Å². The molecule has 0 bridgehead atoms. The molecular weight excluding hydrogens is 332 g/mol. The fourth-order valence-corrected chi connectivity index (χ4v) is 2.10. The largest absolute Gasteiger partial charge is 0.486 e. The van der Waals surface area contributed by atoms with E-state index in [4.69, 9.17) is 26.8 Å². The third-order valence-corrected chi connectivity index (χ3v) is 3.12. The monoisotopic (exact) mass is 353 g/mol. The van der Waals surface area contributed by atoms with Crippen LogP contribution in [0.2, 0.25) is 5.02 Å². The van der Waals surface area contributed by atoms with E-state index in [9.17, 15) is 9.18 Å². The van der Waals surface area contributed by atoms with Gasteiger partial charge in [-0.25, -0.2) is 4.39 Å². The molecule has 0 unspecified atom stereocenters. The van der Waals surface area contributed by atoms with Crippen LogP contribution in [0.4, 0.5) is 4.39 Å². The normalized spacial score (nSPS) is 14.7. The van der Waals surface area contributed by atoms with Crippen LogP contribution in [0.5, 0.6) is 5.75 Å². The molecule has 0 saturated carbocycles. The van der Waals surface area contributed by atoms with E-state index >= 15 is 0 Å². The summed E-state index contributed by atoms with van der Waals surface area (Å²) < 4.78 is 24.3. The third kappa shape index (κ3) is 6.38. The Morgan fingerprint density at radius 2 is 1.82 bits per heavy atom. The first-order valence-corrected chi connectivity index (χ1v) is 7.17. The Balaban J connectivity index is 0.00000441. The highest BCUT2D eigenvalue weighted by Crippen LogP contribution is 2.24. The molecule has 0 aliphatic rings. The van der Waals surface area contributed by atoms with Crippen LogP contribution in [0, 0.1) is 11.7 Å². The summed E-state index contributed by atoms with van der Waals surface area (Å²) in [5, 5.41) is 0.243. The van der Waals surface area contributed by atoms with Crippen molar-refractivity contribution in [1.29, 1.82) is 0 Å². The zero-order valence-corrected chi connectivity index (χ0v) is 14.6. The first kappa shape index (κ1) is 21.0. The number of esters is 1. The molecule has 0 radical (unpaired) electrons. The average molecular weight is 354 g/mol. The van der Waals surface area contributed by atoms with Gasteiger partial charge in [-0.15, -0.1) is 12.4 Å². The molecule has 22 heavy (non-hydrogen) atoms. The summed E-state index contributed by atoms with van der Waals surface area (Å²) in [5.41, 5.74) is 5.47. The van der Waals surface area contributed by atoms with Gasteiger partial charge in [0.1, 0.15) is 29.8 Å². The van der Waals surface area contributed by atoms with Crippen LogP contribution in [-0.4, -0.2) is 24.2 Å². The number of halogens is 3. The molecule has 0 aromatic heterocycles. The third-order valence-electron chi connectivity index (χ3n) is 2.90. The molecule has 1 aromatic carbocycles. The number of ether oxygens (including phenoxy) is 2. The second-order valence-corrected chi connectivity index (χ2v) is 5.80. The summed E-state index contributed by atoms with van der Waals surface area (Å²) in [4.78, 5) is 11.6. The minimum atomic E-state index is -0.705. The van der Waals surface area contributed by atoms with Gasteiger partial charge in [-0.05, 0) is 31.9 Å². The van der Waals surface area contributed by atoms with E-state index in [0.717, 1.165) is 0 Å². The van der Waals surface area contributed by atoms with Gasteiger partial charge < -0.3 is 15.2 Å². The molecule has 0 aliphatic heterocycles. The summed E-state index contributed by atoms with van der Waals surface area (Å²) in [6, 6.07) is 3.24. The van der Waals surface area contributed by atoms with Crippen LogP contribution >= 0.6 is 24.0 Å². The van der Waals surface area contributed by atoms with Crippen molar-refractivity contribution in [1.82, 2.24) is 0 Å². The molecule has 0 amide bonds. The SMILES string of the molecule is CC(C)[C@@H](Oc1cc(F)cc(Cl)c1)[C@H](C)OC(=O)[C@H](C)N.Cl. The Bertz CT molecular complexity index is 477. The highest BCUT2D eigenvalue weighted by Gasteiger charge is 2.27. The smallest absolute Gasteiger partial charge is 0.323 e. The van der Waals surface area contributed by atoms with Gasteiger partial charge >= 0.3 is 5.97 Å². The van der Waals surface area contributed by atoms with Gasteiger partial charge in [-0.1, -0.05) is 25.4 Å². The van der Waals surface area contributed by atoms with Crippen molar-refractivity contribution in [2.75, 3.05) is 0 Å². The van der Waals surface area contributed by atoms with Crippen LogP contribution in [0.15, 0.2) is 18.2 Å². The fraction of sp³-hybridized carbons (Fsp3) is 0.533. The molecule has 4 nitrogen and oxygen atoms in total. The highest BCUT2D eigenvalue weighted by molar-refractivity contribution is 6.30. The first-order valence-electron chi connectivity index (χ1n) is 6.79. The summed E-state index contributed by atoms with van der Waals surface area (Å²) in [6.07, 6.45) is -0.962. The van der Waals surface area contributed by atoms with Gasteiger partial charge in [0.15, 0.2) is 0 Å². The Morgan fingerprint density at radius 1 is 1.23 bits per heavy atom. The second-order valence-electron chi connectivity index (χ2n) is 5.36. The number of carbonyl (C=O) groups excluding carboxylic acids is 1. The van der Waals surface area contributed by atoms with E-state index in [0.29, 0.717) is 5.75 Å². The molecule has 1 aromatic rings. The lowest BCUT2D eigenvalue weighted by molar-refractivity contribution is -0.155. The standard InChI is InChI=1S/C15H21ClFNO3.ClH/c1-8(2)14(10(4)20-15(19)9(3)18)21-13-6-11(16)5-12(17)7-13;/h5-10,14H,18H2,1-4H3;1H/t9-,10-,14+;/m0./s1. The predicted octanol–water partition coefficient (Wildman–Crippen LogP) is 3.58. The molecule has 7 heteroatoms. The lowest BCUT2D eigenvalue weighted by Gasteiger charge is -2.28. The number of hydrogen-bond acceptors (Lipinski definition) is 4. The lowest BCUT2D eigenvalue weighted by Crippen LogP contribution is -2.41. The summed E-state index contributed by atoms with van der Waals surface area (Å²) >= 11 is 5.80. The molecule has 0 spiro atoms. The quantitative estimate of drug-likeness (QED) is 0.794. The van der Waals surface area contributed by atoms with Gasteiger partial charge in [0.2, 0.25) is 0 Å². The summed E-state index contributed by atoms with van der Waals surface area (Å²) in [5.74, 6) is -0.653. The van der Waals surface area contributed by atoms with Crippen molar-refractivity contribution in [3.05, 3.63) is 29.0 Å². The van der Waals surface area contributed by atoms with Crippen molar-refractivity contribution in [2.24, 2.45) is 11.7 Å². The van der Waals surface area contributed by atoms with Crippen molar-refractivity contribution < 1.29 is 18.7 Å². The van der Waals surface area contributed by atoms with Crippen LogP contribution in [-0.2, 0) is 9.53 Å². The lowest BCUT2D eigenvalue weighted by atomic mass is 10.0. The van der Waals surface area contributed by atoms with Crippen molar-refractivity contribution in [2.45, 2.75) is 45.9 Å². The van der Waals surface area contributed by atoms with Gasteiger partial charge in [-0.3, -0.25) is 4.79 Å². The molecule has 2 N–H and O–H groups in total. The average Bonchev–Trinajstić information content (AvgIpc) is 2.33. The van der Waals surface area contributed by atoms with E-state index in [1.165, 1.54) is 18.2 Å². The van der Waals surface area contributed by atoms with Crippen molar-refractivity contribution >= 4 is 30.0 Å². The topological polar surface area (TPSA) is 61.5 Å². The molecule has 126 valence electrons. The summed E-state index contributed by atoms with van der Waals surface area (Å²) in [7, 11) is 0. The number of carbonyl (C=O) groups is 1. The Morgan fingerprint density at radius 3 is 2.27 bits per heavy atom.